The predicted octanol–water partition coefficient (Wildman–Crippen LogP) is 0.301. The van der Waals surface area contributed by atoms with Crippen molar-refractivity contribution in [2.45, 2.75) is 19.4 Å². The fourth-order valence-corrected chi connectivity index (χ4v) is 1.41. The Morgan fingerprint density at radius 3 is 2.73 bits per heavy atom. The fourth-order valence-electron chi connectivity index (χ4n) is 0.690. The van der Waals surface area contributed by atoms with Gasteiger partial charge in [-0.2, -0.15) is 11.8 Å². The first kappa shape index (κ1) is 10.6. The lowest BCUT2D eigenvalue weighted by Crippen LogP contribution is -2.45. The Kier molecular flexibility index (Phi) is 6.06. The SMILES string of the molecule is CCC(CSC)NC(=O)NN. The molecule has 4 nitrogen and oxygen atoms in total. The average molecular weight is 177 g/mol. The number of carbonyl (C=O) groups is 1. The maximum absolute atomic E-state index is 10.7. The Labute approximate surface area is 71.3 Å². The second-order valence-corrected chi connectivity index (χ2v) is 3.09. The highest BCUT2D eigenvalue weighted by atomic mass is 32.2. The molecule has 0 saturated carbocycles. The molecule has 0 heterocycles. The summed E-state index contributed by atoms with van der Waals surface area (Å²) in [5.74, 6) is 5.82. The van der Waals surface area contributed by atoms with Crippen LogP contribution in [0.25, 0.3) is 0 Å². The third-order valence-corrected chi connectivity index (χ3v) is 2.06. The van der Waals surface area contributed by atoms with Gasteiger partial charge in [0.2, 0.25) is 0 Å². The number of carbonyl (C=O) groups excluding carboxylic acids is 1. The maximum Gasteiger partial charge on any atom is 0.329 e. The normalized spacial score (nSPS) is 12.3. The first-order valence-electron chi connectivity index (χ1n) is 3.50. The molecule has 1 unspecified atom stereocenters. The summed E-state index contributed by atoms with van der Waals surface area (Å²) >= 11 is 1.70. The van der Waals surface area contributed by atoms with E-state index >= 15 is 0 Å². The quantitative estimate of drug-likeness (QED) is 0.329. The largest absolute Gasteiger partial charge is 0.334 e. The van der Waals surface area contributed by atoms with Crippen molar-refractivity contribution >= 4 is 17.8 Å². The molecular weight excluding hydrogens is 162 g/mol. The number of hydrogen-bond acceptors (Lipinski definition) is 3. The summed E-state index contributed by atoms with van der Waals surface area (Å²) in [5, 5.41) is 2.72. The number of nitrogens with one attached hydrogen (secondary N) is 2. The monoisotopic (exact) mass is 177 g/mol. The van der Waals surface area contributed by atoms with E-state index in [0.717, 1.165) is 12.2 Å². The van der Waals surface area contributed by atoms with Crippen LogP contribution in [-0.4, -0.2) is 24.1 Å². The van der Waals surface area contributed by atoms with E-state index in [1.807, 2.05) is 18.6 Å². The minimum Gasteiger partial charge on any atom is -0.334 e. The van der Waals surface area contributed by atoms with E-state index in [4.69, 9.17) is 5.84 Å². The van der Waals surface area contributed by atoms with Gasteiger partial charge in [0.05, 0.1) is 0 Å². The molecule has 0 rings (SSSR count). The molecule has 66 valence electrons. The third-order valence-electron chi connectivity index (χ3n) is 1.33. The van der Waals surface area contributed by atoms with E-state index < -0.39 is 0 Å². The molecule has 4 N–H and O–H groups in total. The predicted molar refractivity (Wildman–Crippen MR) is 48.3 cm³/mol. The molecule has 0 aromatic carbocycles. The van der Waals surface area contributed by atoms with Crippen molar-refractivity contribution in [3.05, 3.63) is 0 Å². The van der Waals surface area contributed by atoms with Gasteiger partial charge >= 0.3 is 6.03 Å². The summed E-state index contributed by atoms with van der Waals surface area (Å²) in [4.78, 5) is 10.7. The summed E-state index contributed by atoms with van der Waals surface area (Å²) in [6, 6.07) is -0.0977. The van der Waals surface area contributed by atoms with Crippen LogP contribution < -0.4 is 16.6 Å². The van der Waals surface area contributed by atoms with Gasteiger partial charge in [-0.25, -0.2) is 10.6 Å². The Morgan fingerprint density at radius 2 is 2.36 bits per heavy atom. The van der Waals surface area contributed by atoms with Gasteiger partial charge in [-0.3, -0.25) is 5.43 Å². The smallest absolute Gasteiger partial charge is 0.329 e. The van der Waals surface area contributed by atoms with Crippen molar-refractivity contribution in [2.75, 3.05) is 12.0 Å². The van der Waals surface area contributed by atoms with E-state index in [-0.39, 0.29) is 12.1 Å². The number of amides is 2. The molecule has 2 amide bonds. The topological polar surface area (TPSA) is 67.2 Å². The minimum absolute atomic E-state index is 0.216. The van der Waals surface area contributed by atoms with Crippen LogP contribution in [-0.2, 0) is 0 Å². The first-order valence-corrected chi connectivity index (χ1v) is 4.90. The molecule has 0 aliphatic carbocycles. The van der Waals surface area contributed by atoms with Gasteiger partial charge in [0.1, 0.15) is 0 Å². The molecule has 1 atom stereocenters. The summed E-state index contributed by atoms with van der Waals surface area (Å²) in [5.41, 5.74) is 2.03. The molecular formula is C6H15N3OS. The number of rotatable bonds is 4. The highest BCUT2D eigenvalue weighted by Gasteiger charge is 2.06. The molecule has 0 radical (unpaired) electrons. The van der Waals surface area contributed by atoms with Crippen molar-refractivity contribution < 1.29 is 4.79 Å². The van der Waals surface area contributed by atoms with Crippen molar-refractivity contribution in [3.8, 4) is 0 Å². The van der Waals surface area contributed by atoms with Gasteiger partial charge in [-0.15, -0.1) is 0 Å². The van der Waals surface area contributed by atoms with E-state index in [1.54, 1.807) is 11.8 Å². The molecule has 0 aromatic heterocycles. The second-order valence-electron chi connectivity index (χ2n) is 2.18. The Balaban J connectivity index is 3.58. The molecule has 0 bridgehead atoms. The van der Waals surface area contributed by atoms with Gasteiger partial charge in [0, 0.05) is 11.8 Å². The number of thioether (sulfide) groups is 1. The van der Waals surface area contributed by atoms with Crippen LogP contribution in [0.3, 0.4) is 0 Å². The molecule has 0 aromatic rings. The van der Waals surface area contributed by atoms with Gasteiger partial charge in [0.25, 0.3) is 0 Å². The van der Waals surface area contributed by atoms with Gasteiger partial charge in [-0.05, 0) is 12.7 Å². The van der Waals surface area contributed by atoms with E-state index in [9.17, 15) is 4.79 Å². The van der Waals surface area contributed by atoms with Crippen LogP contribution in [0.15, 0.2) is 0 Å². The van der Waals surface area contributed by atoms with Crippen LogP contribution in [0, 0.1) is 0 Å². The summed E-state index contributed by atoms with van der Waals surface area (Å²) < 4.78 is 0. The minimum atomic E-state index is -0.314. The maximum atomic E-state index is 10.7. The zero-order chi connectivity index (χ0) is 8.69. The Bertz CT molecular complexity index is 120. The molecule has 0 aliphatic heterocycles. The number of nitrogens with two attached hydrogens (primary N) is 1. The van der Waals surface area contributed by atoms with Crippen molar-refractivity contribution in [3.63, 3.8) is 0 Å². The van der Waals surface area contributed by atoms with Crippen molar-refractivity contribution in [1.29, 1.82) is 0 Å². The molecule has 0 fully saturated rings. The number of hydrogen-bond donors (Lipinski definition) is 3. The zero-order valence-electron chi connectivity index (χ0n) is 6.89. The summed E-state index contributed by atoms with van der Waals surface area (Å²) in [6.45, 7) is 2.03. The molecule has 5 heteroatoms. The van der Waals surface area contributed by atoms with Crippen LogP contribution in [0.4, 0.5) is 4.79 Å². The van der Waals surface area contributed by atoms with Crippen molar-refractivity contribution in [1.82, 2.24) is 10.7 Å². The lowest BCUT2D eigenvalue weighted by Gasteiger charge is -2.14. The highest BCUT2D eigenvalue weighted by Crippen LogP contribution is 2.00. The van der Waals surface area contributed by atoms with E-state index in [2.05, 4.69) is 5.32 Å². The zero-order valence-corrected chi connectivity index (χ0v) is 7.70. The number of hydrazine groups is 1. The van der Waals surface area contributed by atoms with Crippen LogP contribution >= 0.6 is 11.8 Å². The summed E-state index contributed by atoms with van der Waals surface area (Å²) in [6.07, 6.45) is 2.93. The molecule has 11 heavy (non-hydrogen) atoms. The highest BCUT2D eigenvalue weighted by molar-refractivity contribution is 7.98. The van der Waals surface area contributed by atoms with Crippen LogP contribution in [0.5, 0.6) is 0 Å². The lowest BCUT2D eigenvalue weighted by molar-refractivity contribution is 0.238. The van der Waals surface area contributed by atoms with E-state index in [0.29, 0.717) is 0 Å². The van der Waals surface area contributed by atoms with Gasteiger partial charge in [-0.1, -0.05) is 6.92 Å². The van der Waals surface area contributed by atoms with Gasteiger partial charge < -0.3 is 5.32 Å². The molecule has 0 saturated heterocycles. The third kappa shape index (κ3) is 4.92. The molecule has 0 spiro atoms. The standard InChI is InChI=1S/C6H15N3OS/c1-3-5(4-11-2)8-6(10)9-7/h5H,3-4,7H2,1-2H3,(H2,8,9,10). The second kappa shape index (κ2) is 6.30. The fraction of sp³-hybridized carbons (Fsp3) is 0.833. The summed E-state index contributed by atoms with van der Waals surface area (Å²) in [7, 11) is 0. The first-order chi connectivity index (χ1) is 5.24. The van der Waals surface area contributed by atoms with Gasteiger partial charge in [0.15, 0.2) is 0 Å². The average Bonchev–Trinajstić information content (AvgIpc) is 2.03. The van der Waals surface area contributed by atoms with Crippen LogP contribution in [0.1, 0.15) is 13.3 Å². The number of urea groups is 1. The lowest BCUT2D eigenvalue weighted by atomic mass is 10.3. The molecule has 0 aliphatic rings. The van der Waals surface area contributed by atoms with Crippen LogP contribution in [0.2, 0.25) is 0 Å². The van der Waals surface area contributed by atoms with Crippen molar-refractivity contribution in [2.24, 2.45) is 5.84 Å². The van der Waals surface area contributed by atoms with E-state index in [1.165, 1.54) is 0 Å². The Hall–Kier alpha value is -0.420. The Morgan fingerprint density at radius 1 is 1.73 bits per heavy atom.